The fourth-order valence-corrected chi connectivity index (χ4v) is 3.49. The average molecular weight is 531 g/mol. The Morgan fingerprint density at radius 3 is 1.78 bits per heavy atom. The van der Waals surface area contributed by atoms with Gasteiger partial charge in [-0.3, -0.25) is 4.72 Å². The zero-order valence-corrected chi connectivity index (χ0v) is 15.5. The number of hydrogen-bond acceptors (Lipinski definition) is 2. The van der Waals surface area contributed by atoms with Crippen LogP contribution in [-0.2, 0) is 22.4 Å². The molecule has 0 amide bonds. The fraction of sp³-hybridized carbons (Fsp3) is 0.143. The zero-order chi connectivity index (χ0) is 20.8. The maximum Gasteiger partial charge on any atom is 0.416 e. The van der Waals surface area contributed by atoms with Crippen LogP contribution in [0.2, 0.25) is 0 Å². The Morgan fingerprint density at radius 1 is 0.852 bits per heavy atom. The Bertz CT molecular complexity index is 954. The molecule has 2 aromatic rings. The Kier molecular flexibility index (Phi) is 5.67. The van der Waals surface area contributed by atoms with E-state index in [4.69, 9.17) is 0 Å². The molecule has 0 bridgehead atoms. The maximum atomic E-state index is 13.9. The maximum absolute atomic E-state index is 13.9. The Morgan fingerprint density at radius 2 is 1.33 bits per heavy atom. The molecule has 0 saturated carbocycles. The predicted octanol–water partition coefficient (Wildman–Crippen LogP) is 5.41. The number of rotatable bonds is 3. The molecule has 0 saturated heterocycles. The summed E-state index contributed by atoms with van der Waals surface area (Å²) in [6.45, 7) is 0. The van der Waals surface area contributed by atoms with Crippen molar-refractivity contribution in [1.82, 2.24) is 0 Å². The number of hydrogen-bond donors (Lipinski definition) is 1. The second-order valence-corrected chi connectivity index (χ2v) is 7.83. The van der Waals surface area contributed by atoms with E-state index in [0.717, 1.165) is 0 Å². The SMILES string of the molecule is O=S(=O)(Nc1ccc(F)c(I)c1F)c1cc(C(F)(F)F)cc(C(F)(F)F)c1. The number of alkyl halides is 6. The number of halogens is 9. The van der Waals surface area contributed by atoms with Gasteiger partial charge in [0.2, 0.25) is 0 Å². The minimum Gasteiger partial charge on any atom is -0.277 e. The van der Waals surface area contributed by atoms with Gasteiger partial charge >= 0.3 is 12.4 Å². The number of benzene rings is 2. The van der Waals surface area contributed by atoms with Crippen LogP contribution in [0.5, 0.6) is 0 Å². The quantitative estimate of drug-likeness (QED) is 0.328. The molecule has 0 aliphatic rings. The van der Waals surface area contributed by atoms with Crippen molar-refractivity contribution in [3.63, 3.8) is 0 Å². The van der Waals surface area contributed by atoms with Gasteiger partial charge in [0.1, 0.15) is 5.82 Å². The van der Waals surface area contributed by atoms with E-state index in [-0.39, 0.29) is 18.2 Å². The molecule has 27 heavy (non-hydrogen) atoms. The topological polar surface area (TPSA) is 46.2 Å². The Hall–Kier alpha value is -1.64. The van der Waals surface area contributed by atoms with E-state index in [1.807, 2.05) is 0 Å². The van der Waals surface area contributed by atoms with E-state index in [2.05, 4.69) is 0 Å². The molecule has 0 aromatic heterocycles. The molecule has 1 N–H and O–H groups in total. The van der Waals surface area contributed by atoms with E-state index in [1.54, 1.807) is 0 Å². The highest BCUT2D eigenvalue weighted by Gasteiger charge is 2.38. The van der Waals surface area contributed by atoms with Gasteiger partial charge in [-0.1, -0.05) is 0 Å². The third-order valence-corrected chi connectivity index (χ3v) is 5.48. The first kappa shape index (κ1) is 21.7. The Labute approximate surface area is 160 Å². The zero-order valence-electron chi connectivity index (χ0n) is 12.5. The summed E-state index contributed by atoms with van der Waals surface area (Å²) in [5.41, 5.74) is -4.55. The summed E-state index contributed by atoms with van der Waals surface area (Å²) < 4.78 is 129. The minimum absolute atomic E-state index is 0.0238. The van der Waals surface area contributed by atoms with Crippen LogP contribution in [0.1, 0.15) is 11.1 Å². The van der Waals surface area contributed by atoms with Gasteiger partial charge in [-0.05, 0) is 52.9 Å². The van der Waals surface area contributed by atoms with Crippen molar-refractivity contribution in [3.05, 3.63) is 56.7 Å². The van der Waals surface area contributed by atoms with Gasteiger partial charge in [0, 0.05) is 0 Å². The monoisotopic (exact) mass is 531 g/mol. The first-order valence-electron chi connectivity index (χ1n) is 6.59. The van der Waals surface area contributed by atoms with Crippen LogP contribution in [0, 0.1) is 15.2 Å². The highest BCUT2D eigenvalue weighted by molar-refractivity contribution is 14.1. The van der Waals surface area contributed by atoms with Crippen molar-refractivity contribution in [3.8, 4) is 0 Å². The largest absolute Gasteiger partial charge is 0.416 e. The highest BCUT2D eigenvalue weighted by Crippen LogP contribution is 2.37. The number of nitrogens with one attached hydrogen (secondary N) is 1. The van der Waals surface area contributed by atoms with E-state index in [1.165, 1.54) is 27.3 Å². The molecule has 3 nitrogen and oxygen atoms in total. The molecule has 2 rings (SSSR count). The van der Waals surface area contributed by atoms with Gasteiger partial charge < -0.3 is 0 Å². The van der Waals surface area contributed by atoms with Crippen molar-refractivity contribution in [1.29, 1.82) is 0 Å². The molecule has 0 radical (unpaired) electrons. The van der Waals surface area contributed by atoms with Crippen molar-refractivity contribution < 1.29 is 43.5 Å². The summed E-state index contributed by atoms with van der Waals surface area (Å²) in [4.78, 5) is -1.39. The molecular weight excluding hydrogens is 525 g/mol. The van der Waals surface area contributed by atoms with Crippen LogP contribution in [0.15, 0.2) is 35.2 Å². The molecule has 0 fully saturated rings. The van der Waals surface area contributed by atoms with Gasteiger partial charge in [-0.15, -0.1) is 0 Å². The van der Waals surface area contributed by atoms with E-state index in [0.29, 0.717) is 12.1 Å². The minimum atomic E-state index is -5.26. The molecule has 13 heteroatoms. The molecule has 0 atom stereocenters. The number of anilines is 1. The first-order valence-corrected chi connectivity index (χ1v) is 9.15. The van der Waals surface area contributed by atoms with Gasteiger partial charge in [0.25, 0.3) is 10.0 Å². The highest BCUT2D eigenvalue weighted by atomic mass is 127. The Balaban J connectivity index is 2.60. The smallest absolute Gasteiger partial charge is 0.277 e. The van der Waals surface area contributed by atoms with Crippen molar-refractivity contribution in [2.24, 2.45) is 0 Å². The molecular formula is C14H6F8INO2S. The van der Waals surface area contributed by atoms with Crippen molar-refractivity contribution >= 4 is 38.3 Å². The van der Waals surface area contributed by atoms with E-state index >= 15 is 0 Å². The fourth-order valence-electron chi connectivity index (χ4n) is 1.89. The summed E-state index contributed by atoms with van der Waals surface area (Å²) in [7, 11) is -5.05. The normalized spacial score (nSPS) is 12.9. The third kappa shape index (κ3) is 4.80. The molecule has 2 aromatic carbocycles. The van der Waals surface area contributed by atoms with Gasteiger partial charge in [-0.25, -0.2) is 17.2 Å². The molecule has 0 heterocycles. The molecule has 148 valence electrons. The van der Waals surface area contributed by atoms with E-state index in [9.17, 15) is 43.5 Å². The third-order valence-electron chi connectivity index (χ3n) is 3.15. The second kappa shape index (κ2) is 7.07. The summed E-state index contributed by atoms with van der Waals surface area (Å²) in [6, 6.07) is 1.02. The predicted molar refractivity (Wildman–Crippen MR) is 86.3 cm³/mol. The van der Waals surface area contributed by atoms with Gasteiger partial charge in [-0.2, -0.15) is 26.3 Å². The second-order valence-electron chi connectivity index (χ2n) is 5.07. The van der Waals surface area contributed by atoms with Gasteiger partial charge in [0.05, 0.1) is 25.3 Å². The standard InChI is InChI=1S/C14H6F8INO2S/c15-9-1-2-10(11(16)12(9)23)24-27(25,26)8-4-6(13(17,18)19)3-7(5-8)14(20,21)22/h1-5,24H. The summed E-state index contributed by atoms with van der Waals surface area (Å²) >= 11 is 1.21. The van der Waals surface area contributed by atoms with Crippen LogP contribution in [0.3, 0.4) is 0 Å². The lowest BCUT2D eigenvalue weighted by molar-refractivity contribution is -0.143. The van der Waals surface area contributed by atoms with Crippen LogP contribution >= 0.6 is 22.6 Å². The summed E-state index contributed by atoms with van der Waals surface area (Å²) in [5, 5.41) is 0. The van der Waals surface area contributed by atoms with E-state index < -0.39 is 59.3 Å². The van der Waals surface area contributed by atoms with Crippen LogP contribution < -0.4 is 4.72 Å². The lowest BCUT2D eigenvalue weighted by Gasteiger charge is -2.15. The summed E-state index contributed by atoms with van der Waals surface area (Å²) in [6.07, 6.45) is -10.5. The molecule has 0 aliphatic heterocycles. The van der Waals surface area contributed by atoms with Crippen molar-refractivity contribution in [2.75, 3.05) is 4.72 Å². The van der Waals surface area contributed by atoms with Crippen LogP contribution in [0.25, 0.3) is 0 Å². The molecule has 0 aliphatic carbocycles. The average Bonchev–Trinajstić information content (AvgIpc) is 2.53. The lowest BCUT2D eigenvalue weighted by atomic mass is 10.1. The van der Waals surface area contributed by atoms with Crippen molar-refractivity contribution in [2.45, 2.75) is 17.2 Å². The lowest BCUT2D eigenvalue weighted by Crippen LogP contribution is -2.18. The summed E-state index contributed by atoms with van der Waals surface area (Å²) in [5.74, 6) is -2.41. The van der Waals surface area contributed by atoms with Gasteiger partial charge in [0.15, 0.2) is 5.82 Å². The first-order chi connectivity index (χ1) is 12.1. The number of sulfonamides is 1. The van der Waals surface area contributed by atoms with Crippen LogP contribution in [-0.4, -0.2) is 8.42 Å². The molecule has 0 spiro atoms. The van der Waals surface area contributed by atoms with Crippen LogP contribution in [0.4, 0.5) is 40.8 Å². The molecule has 0 unspecified atom stereocenters.